The van der Waals surface area contributed by atoms with Gasteiger partial charge < -0.3 is 19.1 Å². The first kappa shape index (κ1) is 15.1. The molecule has 2 aromatic heterocycles. The highest BCUT2D eigenvalue weighted by Crippen LogP contribution is 2.33. The van der Waals surface area contributed by atoms with Crippen LogP contribution in [0.15, 0.2) is 34.3 Å². The van der Waals surface area contributed by atoms with Crippen LogP contribution in [0.5, 0.6) is 11.5 Å². The number of carbonyl (C=O) groups is 2. The van der Waals surface area contributed by atoms with Crippen molar-refractivity contribution in [3.05, 3.63) is 40.9 Å². The predicted octanol–water partition coefficient (Wildman–Crippen LogP) is 2.48. The number of hydrogen-bond donors (Lipinski definition) is 2. The number of rotatable bonds is 4. The number of carbonyl (C=O) groups excluding carboxylic acids is 1. The molecule has 1 aliphatic rings. The molecule has 0 fully saturated rings. The summed E-state index contributed by atoms with van der Waals surface area (Å²) < 4.78 is 15.4. The Morgan fingerprint density at radius 2 is 2.08 bits per heavy atom. The van der Waals surface area contributed by atoms with Gasteiger partial charge in [0.15, 0.2) is 22.8 Å². The maximum Gasteiger partial charge on any atom is 0.343 e. The van der Waals surface area contributed by atoms with E-state index < -0.39 is 11.9 Å². The maximum absolute atomic E-state index is 12.4. The molecule has 0 aliphatic carbocycles. The average Bonchev–Trinajstić information content (AvgIpc) is 3.33. The van der Waals surface area contributed by atoms with Gasteiger partial charge in [-0.1, -0.05) is 5.16 Å². The Morgan fingerprint density at radius 1 is 1.24 bits per heavy atom. The van der Waals surface area contributed by atoms with Crippen LogP contribution in [-0.2, 0) is 0 Å². The van der Waals surface area contributed by atoms with Gasteiger partial charge in [-0.15, -0.1) is 11.3 Å². The smallest absolute Gasteiger partial charge is 0.343 e. The van der Waals surface area contributed by atoms with Gasteiger partial charge in [-0.2, -0.15) is 0 Å². The van der Waals surface area contributed by atoms with Crippen LogP contribution in [0.25, 0.3) is 10.7 Å². The number of fused-ring (bicyclic) bond motifs is 1. The number of ether oxygens (including phenoxy) is 2. The van der Waals surface area contributed by atoms with Crippen molar-refractivity contribution in [1.82, 2.24) is 10.1 Å². The molecule has 0 saturated carbocycles. The summed E-state index contributed by atoms with van der Waals surface area (Å²) in [6.07, 6.45) is 1.52. The van der Waals surface area contributed by atoms with Crippen molar-refractivity contribution in [1.29, 1.82) is 0 Å². The van der Waals surface area contributed by atoms with Gasteiger partial charge in [0, 0.05) is 17.1 Å². The summed E-state index contributed by atoms with van der Waals surface area (Å²) in [5.41, 5.74) is 0.0558. The predicted molar refractivity (Wildman–Crippen MR) is 85.1 cm³/mol. The number of hydrogen-bond acceptors (Lipinski definition) is 8. The van der Waals surface area contributed by atoms with Gasteiger partial charge in [-0.25, -0.2) is 9.78 Å². The van der Waals surface area contributed by atoms with E-state index in [-0.39, 0.29) is 29.5 Å². The van der Waals surface area contributed by atoms with E-state index in [4.69, 9.17) is 14.0 Å². The van der Waals surface area contributed by atoms with Crippen molar-refractivity contribution >= 4 is 29.1 Å². The maximum atomic E-state index is 12.4. The van der Waals surface area contributed by atoms with E-state index in [0.29, 0.717) is 16.5 Å². The zero-order valence-corrected chi connectivity index (χ0v) is 13.2. The van der Waals surface area contributed by atoms with Crippen LogP contribution >= 0.6 is 11.3 Å². The Balaban J connectivity index is 1.64. The van der Waals surface area contributed by atoms with E-state index in [0.717, 1.165) is 0 Å². The molecule has 0 radical (unpaired) electrons. The van der Waals surface area contributed by atoms with Gasteiger partial charge in [0.2, 0.25) is 12.7 Å². The fraction of sp³-hybridized carbons (Fsp3) is 0.0667. The van der Waals surface area contributed by atoms with Crippen molar-refractivity contribution < 1.29 is 28.7 Å². The molecule has 9 nitrogen and oxygen atoms in total. The van der Waals surface area contributed by atoms with Crippen LogP contribution in [0.1, 0.15) is 20.7 Å². The van der Waals surface area contributed by atoms with Crippen molar-refractivity contribution in [2.75, 3.05) is 12.1 Å². The molecule has 3 heterocycles. The summed E-state index contributed by atoms with van der Waals surface area (Å²) >= 11 is 1.21. The van der Waals surface area contributed by atoms with Crippen LogP contribution in [0.3, 0.4) is 0 Å². The normalized spacial score (nSPS) is 12.2. The van der Waals surface area contributed by atoms with Gasteiger partial charge in [0.25, 0.3) is 5.91 Å². The molecule has 10 heteroatoms. The standard InChI is InChI=1S/C15H9N3O6S/c19-12(7-1-2-8-9(5-7)23-6-22-8)17-13-10(15(20)21)11(18-24-13)14-16-3-4-25-14/h1-5H,6H2,(H,17,19)(H,20,21). The minimum atomic E-state index is -1.28. The van der Waals surface area contributed by atoms with Gasteiger partial charge in [-0.05, 0) is 18.2 Å². The first-order valence-electron chi connectivity index (χ1n) is 6.97. The number of nitrogens with one attached hydrogen (secondary N) is 1. The minimum absolute atomic E-state index is 0.0588. The number of amides is 1. The molecule has 4 rings (SSSR count). The Labute approximate surface area is 143 Å². The first-order valence-corrected chi connectivity index (χ1v) is 7.85. The van der Waals surface area contributed by atoms with Gasteiger partial charge in [0.05, 0.1) is 0 Å². The Morgan fingerprint density at radius 3 is 2.84 bits per heavy atom. The molecule has 0 unspecified atom stereocenters. The molecule has 0 atom stereocenters. The lowest BCUT2D eigenvalue weighted by molar-refractivity contribution is 0.0698. The third-order valence-electron chi connectivity index (χ3n) is 3.40. The van der Waals surface area contributed by atoms with Crippen LogP contribution < -0.4 is 14.8 Å². The molecule has 1 amide bonds. The summed E-state index contributed by atoms with van der Waals surface area (Å²) in [6, 6.07) is 4.62. The molecule has 0 bridgehead atoms. The molecule has 126 valence electrons. The van der Waals surface area contributed by atoms with Gasteiger partial charge >= 0.3 is 5.97 Å². The molecule has 3 aromatic rings. The number of aromatic carboxylic acids is 1. The topological polar surface area (TPSA) is 124 Å². The second-order valence-corrected chi connectivity index (χ2v) is 5.79. The fourth-order valence-corrected chi connectivity index (χ4v) is 2.90. The van der Waals surface area contributed by atoms with E-state index in [1.54, 1.807) is 11.4 Å². The lowest BCUT2D eigenvalue weighted by Gasteiger charge is -2.04. The number of nitrogens with zero attached hydrogens (tertiary/aromatic N) is 2. The van der Waals surface area contributed by atoms with Crippen LogP contribution in [0.4, 0.5) is 5.88 Å². The first-order chi connectivity index (χ1) is 12.1. The lowest BCUT2D eigenvalue weighted by atomic mass is 10.2. The van der Waals surface area contributed by atoms with Crippen molar-refractivity contribution in [2.45, 2.75) is 0 Å². The summed E-state index contributed by atoms with van der Waals surface area (Å²) in [7, 11) is 0. The third-order valence-corrected chi connectivity index (χ3v) is 4.18. The van der Waals surface area contributed by atoms with Crippen molar-refractivity contribution in [3.63, 3.8) is 0 Å². The quantitative estimate of drug-likeness (QED) is 0.728. The van der Waals surface area contributed by atoms with E-state index in [1.807, 2.05) is 0 Å². The molecule has 0 saturated heterocycles. The van der Waals surface area contributed by atoms with Crippen molar-refractivity contribution in [2.24, 2.45) is 0 Å². The number of anilines is 1. The monoisotopic (exact) mass is 359 g/mol. The second-order valence-electron chi connectivity index (χ2n) is 4.90. The number of benzene rings is 1. The Hall–Kier alpha value is -3.40. The van der Waals surface area contributed by atoms with Gasteiger partial charge in [-0.3, -0.25) is 10.1 Å². The number of aromatic nitrogens is 2. The highest BCUT2D eigenvalue weighted by molar-refractivity contribution is 7.13. The molecule has 1 aliphatic heterocycles. The summed E-state index contributed by atoms with van der Waals surface area (Å²) in [5.74, 6) is -1.14. The highest BCUT2D eigenvalue weighted by atomic mass is 32.1. The van der Waals surface area contributed by atoms with E-state index in [2.05, 4.69) is 15.5 Å². The highest BCUT2D eigenvalue weighted by Gasteiger charge is 2.27. The van der Waals surface area contributed by atoms with Crippen molar-refractivity contribution in [3.8, 4) is 22.2 Å². The Bertz CT molecular complexity index is 966. The molecular formula is C15H9N3O6S. The van der Waals surface area contributed by atoms with Gasteiger partial charge in [0.1, 0.15) is 5.01 Å². The molecule has 1 aromatic carbocycles. The number of thiazole rings is 1. The lowest BCUT2D eigenvalue weighted by Crippen LogP contribution is -2.14. The van der Waals surface area contributed by atoms with Crippen LogP contribution in [0.2, 0.25) is 0 Å². The van der Waals surface area contributed by atoms with E-state index in [1.165, 1.54) is 29.7 Å². The zero-order valence-electron chi connectivity index (χ0n) is 12.4. The third kappa shape index (κ3) is 2.68. The largest absolute Gasteiger partial charge is 0.477 e. The Kier molecular flexibility index (Phi) is 3.58. The van der Waals surface area contributed by atoms with Crippen LogP contribution in [0, 0.1) is 0 Å². The second kappa shape index (κ2) is 5.91. The molecular weight excluding hydrogens is 350 g/mol. The summed E-state index contributed by atoms with van der Waals surface area (Å²) in [5, 5.41) is 17.6. The van der Waals surface area contributed by atoms with E-state index in [9.17, 15) is 14.7 Å². The molecule has 25 heavy (non-hydrogen) atoms. The molecule has 2 N–H and O–H groups in total. The number of carboxylic acids is 1. The summed E-state index contributed by atoms with van der Waals surface area (Å²) in [6.45, 7) is 0.0862. The average molecular weight is 359 g/mol. The SMILES string of the molecule is O=C(Nc1onc(-c2nccs2)c1C(=O)O)c1ccc2c(c1)OCO2. The van der Waals surface area contributed by atoms with E-state index >= 15 is 0 Å². The number of carboxylic acid groups (broad SMARTS) is 1. The molecule has 0 spiro atoms. The van der Waals surface area contributed by atoms with Crippen LogP contribution in [-0.4, -0.2) is 33.9 Å². The summed E-state index contributed by atoms with van der Waals surface area (Å²) in [4.78, 5) is 28.0. The fourth-order valence-electron chi connectivity index (χ4n) is 2.27. The minimum Gasteiger partial charge on any atom is -0.477 e. The zero-order chi connectivity index (χ0) is 17.4.